The summed E-state index contributed by atoms with van der Waals surface area (Å²) in [6, 6.07) is 2.15. The molecule has 1 saturated carbocycles. The van der Waals surface area contributed by atoms with E-state index >= 15 is 0 Å². The number of hydrogen-bond donors (Lipinski definition) is 2. The highest BCUT2D eigenvalue weighted by Gasteiger charge is 2.51. The molecule has 0 unspecified atom stereocenters. The monoisotopic (exact) mass is 302 g/mol. The normalized spacial score (nSPS) is 30.0. The first-order valence-corrected chi connectivity index (χ1v) is 8.76. The first kappa shape index (κ1) is 15.7. The molecule has 2 N–H and O–H groups in total. The zero-order valence-corrected chi connectivity index (χ0v) is 14.7. The third-order valence-corrected chi connectivity index (χ3v) is 6.51. The second-order valence-corrected chi connectivity index (χ2v) is 8.70. The maximum absolute atomic E-state index is 10.8. The largest absolute Gasteiger partial charge is 0.504 e. The van der Waals surface area contributed by atoms with Gasteiger partial charge in [0.25, 0.3) is 0 Å². The van der Waals surface area contributed by atoms with Crippen LogP contribution in [-0.2, 0) is 11.8 Å². The summed E-state index contributed by atoms with van der Waals surface area (Å²) in [5.41, 5.74) is 3.48. The minimum atomic E-state index is -0.00753. The van der Waals surface area contributed by atoms with E-state index in [4.69, 9.17) is 0 Å². The lowest BCUT2D eigenvalue weighted by Gasteiger charge is -2.54. The zero-order valence-electron chi connectivity index (χ0n) is 14.7. The highest BCUT2D eigenvalue weighted by atomic mass is 16.3. The zero-order chi connectivity index (χ0) is 16.3. The van der Waals surface area contributed by atoms with Crippen LogP contribution in [0.4, 0.5) is 0 Å². The first-order valence-electron chi connectivity index (χ1n) is 8.76. The van der Waals surface area contributed by atoms with Gasteiger partial charge in [-0.05, 0) is 53.9 Å². The lowest BCUT2D eigenvalue weighted by molar-refractivity contribution is 0.0389. The number of hydrogen-bond acceptors (Lipinski definition) is 2. The van der Waals surface area contributed by atoms with Gasteiger partial charge >= 0.3 is 0 Å². The van der Waals surface area contributed by atoms with Crippen LogP contribution in [0.25, 0.3) is 0 Å². The van der Waals surface area contributed by atoms with Crippen LogP contribution < -0.4 is 0 Å². The van der Waals surface area contributed by atoms with E-state index in [-0.39, 0.29) is 22.8 Å². The Labute approximate surface area is 134 Å². The highest BCUT2D eigenvalue weighted by Crippen LogP contribution is 2.60. The van der Waals surface area contributed by atoms with Crippen molar-refractivity contribution >= 4 is 0 Å². The maximum Gasteiger partial charge on any atom is 0.161 e. The van der Waals surface area contributed by atoms with Gasteiger partial charge in [0.15, 0.2) is 11.5 Å². The van der Waals surface area contributed by atoms with Crippen LogP contribution in [0.3, 0.4) is 0 Å². The van der Waals surface area contributed by atoms with Crippen molar-refractivity contribution in [2.75, 3.05) is 0 Å². The number of aryl methyl sites for hydroxylation is 1. The molecule has 1 aromatic carbocycles. The minimum Gasteiger partial charge on any atom is -0.504 e. The molecule has 1 aromatic rings. The van der Waals surface area contributed by atoms with E-state index in [1.54, 1.807) is 0 Å². The quantitative estimate of drug-likeness (QED) is 0.695. The second kappa shape index (κ2) is 4.91. The van der Waals surface area contributed by atoms with Gasteiger partial charge in [-0.2, -0.15) is 0 Å². The van der Waals surface area contributed by atoms with E-state index in [9.17, 15) is 10.2 Å². The Bertz CT molecular complexity index is 600. The van der Waals surface area contributed by atoms with Gasteiger partial charge in [-0.1, -0.05) is 47.1 Å². The van der Waals surface area contributed by atoms with E-state index < -0.39 is 0 Å². The topological polar surface area (TPSA) is 40.5 Å². The molecule has 0 amide bonds. The molecule has 0 radical (unpaired) electrons. The molecule has 2 nitrogen and oxygen atoms in total. The number of fused-ring (bicyclic) bond motifs is 3. The lowest BCUT2D eigenvalue weighted by atomic mass is 9.50. The Kier molecular flexibility index (Phi) is 3.50. The number of phenols is 2. The molecule has 0 aliphatic heterocycles. The van der Waals surface area contributed by atoms with Crippen LogP contribution in [0.2, 0.25) is 0 Å². The summed E-state index contributed by atoms with van der Waals surface area (Å²) < 4.78 is 0. The van der Waals surface area contributed by atoms with Gasteiger partial charge < -0.3 is 10.2 Å². The molecule has 2 atom stereocenters. The van der Waals surface area contributed by atoms with Crippen molar-refractivity contribution in [3.8, 4) is 11.5 Å². The molecule has 3 rings (SSSR count). The Morgan fingerprint density at radius 2 is 1.77 bits per heavy atom. The molecule has 0 bridgehead atoms. The molecule has 0 aromatic heterocycles. The second-order valence-electron chi connectivity index (χ2n) is 8.70. The molecule has 0 spiro atoms. The summed E-state index contributed by atoms with van der Waals surface area (Å²) in [6.45, 7) is 11.2. The summed E-state index contributed by atoms with van der Waals surface area (Å²) in [5, 5.41) is 21.3. The summed E-state index contributed by atoms with van der Waals surface area (Å²) >= 11 is 0. The maximum atomic E-state index is 10.8. The Morgan fingerprint density at radius 1 is 1.09 bits per heavy atom. The Balaban J connectivity index is 2.20. The van der Waals surface area contributed by atoms with Crippen LogP contribution in [0, 0.1) is 11.3 Å². The molecule has 1 fully saturated rings. The van der Waals surface area contributed by atoms with Crippen LogP contribution in [0.1, 0.15) is 82.9 Å². The number of rotatable bonds is 1. The van der Waals surface area contributed by atoms with Crippen LogP contribution in [-0.4, -0.2) is 10.2 Å². The van der Waals surface area contributed by atoms with Gasteiger partial charge in [0.2, 0.25) is 0 Å². The van der Waals surface area contributed by atoms with Crippen molar-refractivity contribution in [2.45, 2.75) is 78.1 Å². The van der Waals surface area contributed by atoms with Crippen molar-refractivity contribution in [3.63, 3.8) is 0 Å². The standard InChI is InChI=1S/C20H30O2/c1-12(2)14-11-13-7-8-15-19(3,4)9-6-10-20(15,5)16(13)18(22)17(14)21/h11-12,15,21-22H,6-10H2,1-5H3/t15-,20-/m0/s1. The fraction of sp³-hybridized carbons (Fsp3) is 0.700. The van der Waals surface area contributed by atoms with Crippen LogP contribution in [0.15, 0.2) is 6.07 Å². The molecule has 122 valence electrons. The number of aromatic hydroxyl groups is 2. The molecular weight excluding hydrogens is 272 g/mol. The van der Waals surface area contributed by atoms with Gasteiger partial charge in [0, 0.05) is 11.1 Å². The number of benzene rings is 1. The molecule has 0 heterocycles. The minimum absolute atomic E-state index is 0.00753. The molecule has 0 saturated heterocycles. The fourth-order valence-electron chi connectivity index (χ4n) is 5.44. The Hall–Kier alpha value is -1.18. The van der Waals surface area contributed by atoms with Crippen molar-refractivity contribution in [2.24, 2.45) is 11.3 Å². The summed E-state index contributed by atoms with van der Waals surface area (Å²) in [7, 11) is 0. The van der Waals surface area contributed by atoms with Gasteiger partial charge in [-0.3, -0.25) is 0 Å². The Morgan fingerprint density at radius 3 is 2.41 bits per heavy atom. The van der Waals surface area contributed by atoms with E-state index in [1.165, 1.54) is 24.8 Å². The third kappa shape index (κ3) is 2.06. The lowest BCUT2D eigenvalue weighted by Crippen LogP contribution is -2.47. The molecule has 22 heavy (non-hydrogen) atoms. The SMILES string of the molecule is CC(C)c1cc2c(c(O)c1O)[C@@]1(C)CCCC(C)(C)[C@@H]1CC2. The predicted molar refractivity (Wildman–Crippen MR) is 90.7 cm³/mol. The fourth-order valence-corrected chi connectivity index (χ4v) is 5.44. The van der Waals surface area contributed by atoms with Gasteiger partial charge in [-0.25, -0.2) is 0 Å². The summed E-state index contributed by atoms with van der Waals surface area (Å²) in [4.78, 5) is 0. The predicted octanol–water partition coefficient (Wildman–Crippen LogP) is 5.25. The third-order valence-electron chi connectivity index (χ3n) is 6.51. The van der Waals surface area contributed by atoms with Gasteiger partial charge in [0.05, 0.1) is 0 Å². The summed E-state index contributed by atoms with van der Waals surface area (Å²) in [5.74, 6) is 1.08. The van der Waals surface area contributed by atoms with Crippen LogP contribution >= 0.6 is 0 Å². The summed E-state index contributed by atoms with van der Waals surface area (Å²) in [6.07, 6.45) is 5.79. The highest BCUT2D eigenvalue weighted by molar-refractivity contribution is 5.59. The van der Waals surface area contributed by atoms with E-state index in [1.807, 2.05) is 0 Å². The van der Waals surface area contributed by atoms with Crippen molar-refractivity contribution in [1.82, 2.24) is 0 Å². The molecule has 2 heteroatoms. The average molecular weight is 302 g/mol. The van der Waals surface area contributed by atoms with E-state index in [0.717, 1.165) is 24.0 Å². The van der Waals surface area contributed by atoms with Crippen molar-refractivity contribution in [3.05, 3.63) is 22.8 Å². The smallest absolute Gasteiger partial charge is 0.161 e. The first-order chi connectivity index (χ1) is 10.2. The van der Waals surface area contributed by atoms with Crippen molar-refractivity contribution < 1.29 is 10.2 Å². The molecular formula is C20H30O2. The average Bonchev–Trinajstić information content (AvgIpc) is 2.40. The van der Waals surface area contributed by atoms with Gasteiger partial charge in [0.1, 0.15) is 0 Å². The molecule has 2 aliphatic rings. The molecule has 2 aliphatic carbocycles. The van der Waals surface area contributed by atoms with Gasteiger partial charge in [-0.15, -0.1) is 0 Å². The van der Waals surface area contributed by atoms with E-state index in [2.05, 4.69) is 40.7 Å². The number of phenolic OH excluding ortho intramolecular Hbond substituents is 2. The van der Waals surface area contributed by atoms with Crippen molar-refractivity contribution in [1.29, 1.82) is 0 Å². The van der Waals surface area contributed by atoms with E-state index in [0.29, 0.717) is 11.3 Å². The van der Waals surface area contributed by atoms with Crippen LogP contribution in [0.5, 0.6) is 11.5 Å².